The molecule has 19 heavy (non-hydrogen) atoms. The highest BCUT2D eigenvalue weighted by Crippen LogP contribution is 2.22. The van der Waals surface area contributed by atoms with Gasteiger partial charge in [-0.3, -0.25) is 0 Å². The van der Waals surface area contributed by atoms with E-state index in [4.69, 9.17) is 4.74 Å². The summed E-state index contributed by atoms with van der Waals surface area (Å²) in [6.45, 7) is 2.47. The van der Waals surface area contributed by atoms with Gasteiger partial charge in [-0.1, -0.05) is 0 Å². The molecule has 1 atom stereocenters. The summed E-state index contributed by atoms with van der Waals surface area (Å²) in [7, 11) is -1.60. The van der Waals surface area contributed by atoms with Gasteiger partial charge in [0.25, 0.3) is 0 Å². The van der Waals surface area contributed by atoms with Gasteiger partial charge in [0, 0.05) is 24.6 Å². The molecule has 1 aliphatic heterocycles. The van der Waals surface area contributed by atoms with Gasteiger partial charge in [-0.2, -0.15) is 0 Å². The summed E-state index contributed by atoms with van der Waals surface area (Å²) in [5.74, 6) is 0.287. The Kier molecular flexibility index (Phi) is 5.35. The van der Waals surface area contributed by atoms with Gasteiger partial charge in [-0.15, -0.1) is 11.3 Å². The van der Waals surface area contributed by atoms with E-state index in [0.717, 1.165) is 24.3 Å². The summed E-state index contributed by atoms with van der Waals surface area (Å²) in [5, 5.41) is 4.80. The molecular formula is C12H20N2O3S2. The summed E-state index contributed by atoms with van der Waals surface area (Å²) < 4.78 is 32.6. The summed E-state index contributed by atoms with van der Waals surface area (Å²) >= 11 is 1.46. The highest BCUT2D eigenvalue weighted by Gasteiger charge is 2.22. The molecule has 5 nitrogen and oxygen atoms in total. The second kappa shape index (κ2) is 6.81. The predicted octanol–water partition coefficient (Wildman–Crippen LogP) is 1.17. The number of rotatable bonds is 6. The zero-order chi connectivity index (χ0) is 13.7. The van der Waals surface area contributed by atoms with E-state index in [1.165, 1.54) is 11.3 Å². The molecule has 2 rings (SSSR count). The van der Waals surface area contributed by atoms with Gasteiger partial charge in [-0.25, -0.2) is 13.1 Å². The molecule has 108 valence electrons. The first-order valence-electron chi connectivity index (χ1n) is 6.42. The van der Waals surface area contributed by atoms with E-state index in [-0.39, 0.29) is 5.92 Å². The van der Waals surface area contributed by atoms with E-state index >= 15 is 0 Å². The van der Waals surface area contributed by atoms with Crippen LogP contribution >= 0.6 is 11.3 Å². The maximum atomic E-state index is 12.3. The lowest BCUT2D eigenvalue weighted by molar-refractivity contribution is 0.0568. The number of hydrogen-bond acceptors (Lipinski definition) is 5. The standard InChI is InChI=1S/C12H20N2O3S2/c1-13-8-11-12(4-6-18-11)19(15,16)14-7-10-3-2-5-17-9-10/h4,6,10,13-14H,2-3,5,7-9H2,1H3. The third-order valence-electron chi connectivity index (χ3n) is 3.15. The Hall–Kier alpha value is -0.470. The summed E-state index contributed by atoms with van der Waals surface area (Å²) in [5.41, 5.74) is 0. The Morgan fingerprint density at radius 1 is 1.53 bits per heavy atom. The number of nitrogens with one attached hydrogen (secondary N) is 2. The number of thiophene rings is 1. The monoisotopic (exact) mass is 304 g/mol. The van der Waals surface area contributed by atoms with Gasteiger partial charge < -0.3 is 10.1 Å². The molecule has 0 saturated carbocycles. The Morgan fingerprint density at radius 2 is 2.37 bits per heavy atom. The van der Waals surface area contributed by atoms with Crippen LogP contribution in [0.15, 0.2) is 16.3 Å². The van der Waals surface area contributed by atoms with Crippen LogP contribution in [0.1, 0.15) is 17.7 Å². The smallest absolute Gasteiger partial charge is 0.241 e. The van der Waals surface area contributed by atoms with Crippen LogP contribution in [0.5, 0.6) is 0 Å². The molecule has 0 radical (unpaired) electrons. The van der Waals surface area contributed by atoms with Crippen molar-refractivity contribution in [2.75, 3.05) is 26.8 Å². The molecule has 0 aromatic carbocycles. The molecule has 0 bridgehead atoms. The lowest BCUT2D eigenvalue weighted by Gasteiger charge is -2.22. The highest BCUT2D eigenvalue weighted by atomic mass is 32.2. The first-order chi connectivity index (χ1) is 9.13. The van der Waals surface area contributed by atoms with Crippen molar-refractivity contribution >= 4 is 21.4 Å². The largest absolute Gasteiger partial charge is 0.381 e. The van der Waals surface area contributed by atoms with Gasteiger partial charge in [0.15, 0.2) is 0 Å². The predicted molar refractivity (Wildman–Crippen MR) is 75.8 cm³/mol. The fraction of sp³-hybridized carbons (Fsp3) is 0.667. The maximum Gasteiger partial charge on any atom is 0.241 e. The molecule has 1 aromatic heterocycles. The van der Waals surface area contributed by atoms with Gasteiger partial charge in [0.1, 0.15) is 0 Å². The van der Waals surface area contributed by atoms with Crippen molar-refractivity contribution in [2.24, 2.45) is 5.92 Å². The van der Waals surface area contributed by atoms with Crippen LogP contribution in [0.2, 0.25) is 0 Å². The molecule has 1 fully saturated rings. The van der Waals surface area contributed by atoms with Gasteiger partial charge in [0.2, 0.25) is 10.0 Å². The SMILES string of the molecule is CNCc1sccc1S(=O)(=O)NCC1CCCOC1. The first kappa shape index (κ1) is 14.9. The number of hydrogen-bond donors (Lipinski definition) is 2. The minimum Gasteiger partial charge on any atom is -0.381 e. The zero-order valence-corrected chi connectivity index (χ0v) is 12.6. The minimum atomic E-state index is -3.40. The van der Waals surface area contributed by atoms with Crippen LogP contribution in [0.3, 0.4) is 0 Å². The number of ether oxygens (including phenoxy) is 1. The van der Waals surface area contributed by atoms with Crippen molar-refractivity contribution in [2.45, 2.75) is 24.3 Å². The Morgan fingerprint density at radius 3 is 3.05 bits per heavy atom. The summed E-state index contributed by atoms with van der Waals surface area (Å²) in [6.07, 6.45) is 2.03. The molecular weight excluding hydrogens is 284 g/mol. The molecule has 1 aromatic rings. The fourth-order valence-electron chi connectivity index (χ4n) is 2.13. The topological polar surface area (TPSA) is 67.4 Å². The van der Waals surface area contributed by atoms with Crippen LogP contribution in [0, 0.1) is 5.92 Å². The third kappa shape index (κ3) is 4.00. The van der Waals surface area contributed by atoms with Crippen LogP contribution in [0.25, 0.3) is 0 Å². The highest BCUT2D eigenvalue weighted by molar-refractivity contribution is 7.89. The zero-order valence-electron chi connectivity index (χ0n) is 11.0. The molecule has 0 spiro atoms. The van der Waals surface area contributed by atoms with Crippen molar-refractivity contribution in [3.05, 3.63) is 16.3 Å². The van der Waals surface area contributed by atoms with E-state index in [0.29, 0.717) is 24.6 Å². The van der Waals surface area contributed by atoms with E-state index in [1.807, 2.05) is 12.4 Å². The van der Waals surface area contributed by atoms with E-state index < -0.39 is 10.0 Å². The second-order valence-corrected chi connectivity index (χ2v) is 7.41. The fourth-order valence-corrected chi connectivity index (χ4v) is 4.70. The Labute approximate surface area is 118 Å². The molecule has 0 amide bonds. The van der Waals surface area contributed by atoms with Gasteiger partial charge in [-0.05, 0) is 37.3 Å². The molecule has 1 unspecified atom stereocenters. The second-order valence-electron chi connectivity index (χ2n) is 4.67. The third-order valence-corrected chi connectivity index (χ3v) is 5.71. The molecule has 0 aliphatic carbocycles. The van der Waals surface area contributed by atoms with Gasteiger partial charge >= 0.3 is 0 Å². The van der Waals surface area contributed by atoms with Crippen LogP contribution in [-0.2, 0) is 21.3 Å². The molecule has 2 N–H and O–H groups in total. The van der Waals surface area contributed by atoms with Gasteiger partial charge in [0.05, 0.1) is 11.5 Å². The molecule has 2 heterocycles. The first-order valence-corrected chi connectivity index (χ1v) is 8.78. The van der Waals surface area contributed by atoms with E-state index in [1.54, 1.807) is 6.07 Å². The lowest BCUT2D eigenvalue weighted by atomic mass is 10.0. The average Bonchev–Trinajstić information content (AvgIpc) is 2.87. The molecule has 7 heteroatoms. The Bertz CT molecular complexity index is 493. The maximum absolute atomic E-state index is 12.3. The Balaban J connectivity index is 1.98. The van der Waals surface area contributed by atoms with Crippen LogP contribution in [-0.4, -0.2) is 35.2 Å². The van der Waals surface area contributed by atoms with Crippen molar-refractivity contribution in [3.8, 4) is 0 Å². The summed E-state index contributed by atoms with van der Waals surface area (Å²) in [4.78, 5) is 1.23. The van der Waals surface area contributed by atoms with E-state index in [2.05, 4.69) is 10.0 Å². The van der Waals surface area contributed by atoms with Crippen molar-refractivity contribution in [3.63, 3.8) is 0 Å². The van der Waals surface area contributed by atoms with Crippen molar-refractivity contribution in [1.82, 2.24) is 10.0 Å². The van der Waals surface area contributed by atoms with Crippen LogP contribution < -0.4 is 10.0 Å². The van der Waals surface area contributed by atoms with Crippen LogP contribution in [0.4, 0.5) is 0 Å². The minimum absolute atomic E-state index is 0.287. The summed E-state index contributed by atoms with van der Waals surface area (Å²) in [6, 6.07) is 1.66. The van der Waals surface area contributed by atoms with Crippen molar-refractivity contribution < 1.29 is 13.2 Å². The quantitative estimate of drug-likeness (QED) is 0.828. The normalized spacial score (nSPS) is 20.6. The average molecular weight is 304 g/mol. The lowest BCUT2D eigenvalue weighted by Crippen LogP contribution is -2.33. The van der Waals surface area contributed by atoms with E-state index in [9.17, 15) is 8.42 Å². The molecule has 1 saturated heterocycles. The number of sulfonamides is 1. The van der Waals surface area contributed by atoms with Crippen molar-refractivity contribution in [1.29, 1.82) is 0 Å². The molecule has 1 aliphatic rings.